The van der Waals surface area contributed by atoms with Crippen molar-refractivity contribution >= 4 is 29.3 Å². The number of alkyl halides is 3. The van der Waals surface area contributed by atoms with Crippen LogP contribution < -0.4 is 10.6 Å². The molecule has 21 heavy (non-hydrogen) atoms. The number of hydrogen-bond acceptors (Lipinski definition) is 2. The zero-order chi connectivity index (χ0) is 15.8. The lowest BCUT2D eigenvalue weighted by molar-refractivity contribution is -0.162. The van der Waals surface area contributed by atoms with Gasteiger partial charge in [-0.05, 0) is 31.0 Å². The molecule has 0 spiro atoms. The maximum absolute atomic E-state index is 12.7. The maximum atomic E-state index is 12.7. The zero-order valence-corrected chi connectivity index (χ0v) is 11.2. The highest BCUT2D eigenvalue weighted by atomic mass is 35.5. The molecule has 1 fully saturated rings. The number of urea groups is 1. The number of aromatic carboxylic acids is 1. The molecule has 1 aliphatic carbocycles. The Morgan fingerprint density at radius 3 is 2.33 bits per heavy atom. The van der Waals surface area contributed by atoms with Crippen LogP contribution in [0.1, 0.15) is 23.2 Å². The molecule has 114 valence electrons. The van der Waals surface area contributed by atoms with Crippen LogP contribution in [0.2, 0.25) is 5.02 Å². The van der Waals surface area contributed by atoms with Crippen molar-refractivity contribution in [2.45, 2.75) is 24.6 Å². The summed E-state index contributed by atoms with van der Waals surface area (Å²) in [5.74, 6) is -1.27. The molecular formula is C12H10ClF3N2O3. The van der Waals surface area contributed by atoms with E-state index in [0.717, 1.165) is 12.1 Å². The Morgan fingerprint density at radius 2 is 1.86 bits per heavy atom. The topological polar surface area (TPSA) is 78.4 Å². The Kier molecular flexibility index (Phi) is 3.75. The normalized spacial score (nSPS) is 16.2. The highest BCUT2D eigenvalue weighted by Gasteiger charge is 2.64. The van der Waals surface area contributed by atoms with E-state index >= 15 is 0 Å². The molecule has 0 bridgehead atoms. The number of amides is 2. The van der Waals surface area contributed by atoms with E-state index in [4.69, 9.17) is 16.7 Å². The van der Waals surface area contributed by atoms with Gasteiger partial charge in [-0.25, -0.2) is 9.59 Å². The Morgan fingerprint density at radius 1 is 1.24 bits per heavy atom. The number of anilines is 1. The molecule has 1 aromatic carbocycles. The molecular weight excluding hydrogens is 313 g/mol. The zero-order valence-electron chi connectivity index (χ0n) is 10.4. The number of halogens is 4. The average molecular weight is 323 g/mol. The van der Waals surface area contributed by atoms with Gasteiger partial charge in [-0.3, -0.25) is 0 Å². The molecule has 3 N–H and O–H groups in total. The van der Waals surface area contributed by atoms with E-state index in [2.05, 4.69) is 5.32 Å². The van der Waals surface area contributed by atoms with Crippen molar-refractivity contribution < 1.29 is 27.9 Å². The van der Waals surface area contributed by atoms with E-state index in [1.54, 1.807) is 0 Å². The molecule has 2 amide bonds. The second-order valence-corrected chi connectivity index (χ2v) is 5.13. The van der Waals surface area contributed by atoms with Gasteiger partial charge in [0, 0.05) is 10.7 Å². The molecule has 0 radical (unpaired) electrons. The summed E-state index contributed by atoms with van der Waals surface area (Å²) in [5.41, 5.74) is -2.38. The number of hydrogen-bond donors (Lipinski definition) is 3. The third-order valence-electron chi connectivity index (χ3n) is 3.05. The van der Waals surface area contributed by atoms with Crippen molar-refractivity contribution in [3.05, 3.63) is 28.8 Å². The number of nitrogens with one attached hydrogen (secondary N) is 2. The van der Waals surface area contributed by atoms with Crippen LogP contribution in [0.5, 0.6) is 0 Å². The molecule has 0 aliphatic heterocycles. The van der Waals surface area contributed by atoms with E-state index in [1.807, 2.05) is 5.32 Å². The first kappa shape index (κ1) is 15.4. The Hall–Kier alpha value is -1.96. The molecule has 1 saturated carbocycles. The number of carbonyl (C=O) groups is 2. The van der Waals surface area contributed by atoms with Gasteiger partial charge in [-0.1, -0.05) is 11.6 Å². The Balaban J connectivity index is 2.09. The minimum atomic E-state index is -4.52. The summed E-state index contributed by atoms with van der Waals surface area (Å²) in [5, 5.41) is 12.9. The average Bonchev–Trinajstić information content (AvgIpc) is 3.07. The van der Waals surface area contributed by atoms with Gasteiger partial charge in [0.2, 0.25) is 0 Å². The number of rotatable bonds is 3. The van der Waals surface area contributed by atoms with Crippen molar-refractivity contribution in [2.75, 3.05) is 5.32 Å². The van der Waals surface area contributed by atoms with Crippen molar-refractivity contribution in [3.8, 4) is 0 Å². The van der Waals surface area contributed by atoms with E-state index in [0.29, 0.717) is 0 Å². The summed E-state index contributed by atoms with van der Waals surface area (Å²) in [6.07, 6.45) is -4.88. The number of carbonyl (C=O) groups excluding carboxylic acids is 1. The van der Waals surface area contributed by atoms with E-state index in [1.165, 1.54) is 6.07 Å². The molecule has 0 heterocycles. The number of benzene rings is 1. The third kappa shape index (κ3) is 3.38. The lowest BCUT2D eigenvalue weighted by Gasteiger charge is -2.21. The van der Waals surface area contributed by atoms with Crippen LogP contribution in [0.25, 0.3) is 0 Å². The van der Waals surface area contributed by atoms with Crippen LogP contribution in [0.3, 0.4) is 0 Å². The first-order valence-corrected chi connectivity index (χ1v) is 6.20. The van der Waals surface area contributed by atoms with Gasteiger partial charge in [0.1, 0.15) is 5.54 Å². The van der Waals surface area contributed by atoms with E-state index in [9.17, 15) is 22.8 Å². The van der Waals surface area contributed by atoms with Gasteiger partial charge >= 0.3 is 18.2 Å². The second-order valence-electron chi connectivity index (χ2n) is 4.69. The minimum absolute atomic E-state index is 0.00428. The molecule has 0 atom stereocenters. The molecule has 5 nitrogen and oxygen atoms in total. The minimum Gasteiger partial charge on any atom is -0.478 e. The summed E-state index contributed by atoms with van der Waals surface area (Å²) >= 11 is 5.68. The number of carboxylic acid groups (broad SMARTS) is 1. The lowest BCUT2D eigenvalue weighted by atomic mass is 10.2. The van der Waals surface area contributed by atoms with Crippen LogP contribution in [0, 0.1) is 0 Å². The monoisotopic (exact) mass is 322 g/mol. The van der Waals surface area contributed by atoms with Crippen LogP contribution in [-0.4, -0.2) is 28.8 Å². The van der Waals surface area contributed by atoms with Gasteiger partial charge in [-0.15, -0.1) is 0 Å². The first-order valence-electron chi connectivity index (χ1n) is 5.83. The van der Waals surface area contributed by atoms with Gasteiger partial charge in [-0.2, -0.15) is 13.2 Å². The van der Waals surface area contributed by atoms with E-state index in [-0.39, 0.29) is 29.1 Å². The van der Waals surface area contributed by atoms with Gasteiger partial charge in [0.25, 0.3) is 0 Å². The van der Waals surface area contributed by atoms with Crippen molar-refractivity contribution in [1.29, 1.82) is 0 Å². The van der Waals surface area contributed by atoms with Crippen LogP contribution in [0.15, 0.2) is 18.2 Å². The summed E-state index contributed by atoms with van der Waals surface area (Å²) in [7, 11) is 0. The summed E-state index contributed by atoms with van der Waals surface area (Å²) in [6.45, 7) is 0. The fraction of sp³-hybridized carbons (Fsp3) is 0.333. The number of carboxylic acids is 1. The van der Waals surface area contributed by atoms with Crippen molar-refractivity contribution in [2.24, 2.45) is 0 Å². The largest absolute Gasteiger partial charge is 0.478 e. The van der Waals surface area contributed by atoms with Crippen LogP contribution >= 0.6 is 11.6 Å². The van der Waals surface area contributed by atoms with Gasteiger partial charge in [0.05, 0.1) is 5.56 Å². The Labute approximate surface area is 122 Å². The first-order chi connectivity index (χ1) is 9.63. The van der Waals surface area contributed by atoms with Gasteiger partial charge in [0.15, 0.2) is 0 Å². The summed E-state index contributed by atoms with van der Waals surface area (Å²) < 4.78 is 38.1. The molecule has 1 aromatic rings. The fourth-order valence-corrected chi connectivity index (χ4v) is 2.00. The molecule has 0 unspecified atom stereocenters. The molecule has 0 aromatic heterocycles. The fourth-order valence-electron chi connectivity index (χ4n) is 1.77. The highest BCUT2D eigenvalue weighted by molar-refractivity contribution is 6.31. The molecule has 1 aliphatic rings. The molecule has 9 heteroatoms. The standard InChI is InChI=1S/C12H10ClF3N2O3/c13-7-3-6(9(19)20)4-8(5-7)17-10(21)18-11(1-2-11)12(14,15)16/h3-5H,1-2H2,(H,19,20)(H2,17,18,21). The second kappa shape index (κ2) is 5.10. The quantitative estimate of drug-likeness (QED) is 0.799. The van der Waals surface area contributed by atoms with Crippen LogP contribution in [-0.2, 0) is 0 Å². The summed E-state index contributed by atoms with van der Waals surface area (Å²) in [4.78, 5) is 22.4. The lowest BCUT2D eigenvalue weighted by Crippen LogP contribution is -2.49. The summed E-state index contributed by atoms with van der Waals surface area (Å²) in [6, 6.07) is 2.43. The predicted molar refractivity (Wildman–Crippen MR) is 68.6 cm³/mol. The smallest absolute Gasteiger partial charge is 0.411 e. The molecule has 0 saturated heterocycles. The third-order valence-corrected chi connectivity index (χ3v) is 3.27. The van der Waals surface area contributed by atoms with Gasteiger partial charge < -0.3 is 15.7 Å². The van der Waals surface area contributed by atoms with E-state index < -0.39 is 23.7 Å². The van der Waals surface area contributed by atoms with Crippen molar-refractivity contribution in [3.63, 3.8) is 0 Å². The maximum Gasteiger partial charge on any atom is 0.411 e. The van der Waals surface area contributed by atoms with Crippen LogP contribution in [0.4, 0.5) is 23.7 Å². The van der Waals surface area contributed by atoms with Crippen molar-refractivity contribution in [1.82, 2.24) is 5.32 Å². The predicted octanol–water partition coefficient (Wildman–Crippen LogP) is 3.25. The Bertz CT molecular complexity index is 600. The SMILES string of the molecule is O=C(Nc1cc(Cl)cc(C(=O)O)c1)NC1(C(F)(F)F)CC1. The molecule has 2 rings (SSSR count). The highest BCUT2D eigenvalue weighted by Crippen LogP contribution is 2.48.